The van der Waals surface area contributed by atoms with Crippen LogP contribution in [-0.2, 0) is 0 Å². The lowest BCUT2D eigenvalue weighted by Gasteiger charge is -2.07. The molecule has 1 unspecified atom stereocenters. The van der Waals surface area contributed by atoms with Gasteiger partial charge in [-0.3, -0.25) is 0 Å². The predicted molar refractivity (Wildman–Crippen MR) is 66.4 cm³/mol. The molecule has 1 N–H and O–H groups in total. The Bertz CT molecular complexity index is 453. The second-order valence-electron chi connectivity index (χ2n) is 3.99. The average Bonchev–Trinajstić information content (AvgIpc) is 2.86. The fourth-order valence-electron chi connectivity index (χ4n) is 1.56. The molecule has 0 fully saturated rings. The molecule has 0 aliphatic heterocycles. The van der Waals surface area contributed by atoms with Gasteiger partial charge in [-0.15, -0.1) is 10.2 Å². The summed E-state index contributed by atoms with van der Waals surface area (Å²) in [6, 6.07) is 9.89. The molecule has 0 aliphatic rings. The zero-order valence-corrected chi connectivity index (χ0v) is 10.2. The molecular formula is C13H17N3O. The van der Waals surface area contributed by atoms with Crippen LogP contribution in [0.25, 0.3) is 11.5 Å². The standard InChI is InChI=1S/C13H17N3O/c1-3-9-14-10(2)12-15-16-13(17-12)11-7-5-4-6-8-11/h4-8,10,14H,3,9H2,1-2H3. The van der Waals surface area contributed by atoms with E-state index in [0.29, 0.717) is 11.8 Å². The topological polar surface area (TPSA) is 51.0 Å². The maximum Gasteiger partial charge on any atom is 0.247 e. The van der Waals surface area contributed by atoms with Crippen LogP contribution in [0.15, 0.2) is 34.7 Å². The van der Waals surface area contributed by atoms with Crippen LogP contribution in [0.1, 0.15) is 32.2 Å². The molecule has 0 radical (unpaired) electrons. The Morgan fingerprint density at radius 1 is 1.24 bits per heavy atom. The summed E-state index contributed by atoms with van der Waals surface area (Å²) < 4.78 is 5.64. The van der Waals surface area contributed by atoms with Crippen LogP contribution in [0.4, 0.5) is 0 Å². The summed E-state index contributed by atoms with van der Waals surface area (Å²) in [6.45, 7) is 5.10. The molecule has 0 saturated heterocycles. The van der Waals surface area contributed by atoms with E-state index in [2.05, 4.69) is 22.4 Å². The van der Waals surface area contributed by atoms with Crippen LogP contribution in [0.3, 0.4) is 0 Å². The van der Waals surface area contributed by atoms with Crippen molar-refractivity contribution in [2.24, 2.45) is 0 Å². The van der Waals surface area contributed by atoms with Crippen molar-refractivity contribution < 1.29 is 4.42 Å². The second kappa shape index (κ2) is 5.59. The molecule has 0 bridgehead atoms. The minimum Gasteiger partial charge on any atom is -0.419 e. The third-order valence-corrected chi connectivity index (χ3v) is 2.53. The van der Waals surface area contributed by atoms with E-state index in [1.54, 1.807) is 0 Å². The lowest BCUT2D eigenvalue weighted by molar-refractivity contribution is 0.423. The summed E-state index contributed by atoms with van der Waals surface area (Å²) in [6.07, 6.45) is 1.09. The van der Waals surface area contributed by atoms with Gasteiger partial charge in [0, 0.05) is 5.56 Å². The molecule has 1 atom stereocenters. The fourth-order valence-corrected chi connectivity index (χ4v) is 1.56. The summed E-state index contributed by atoms with van der Waals surface area (Å²) in [4.78, 5) is 0. The molecule has 1 aromatic heterocycles. The largest absolute Gasteiger partial charge is 0.419 e. The molecule has 0 spiro atoms. The summed E-state index contributed by atoms with van der Waals surface area (Å²) in [5, 5.41) is 11.4. The maximum atomic E-state index is 5.64. The highest BCUT2D eigenvalue weighted by atomic mass is 16.4. The van der Waals surface area contributed by atoms with Crippen molar-refractivity contribution in [3.63, 3.8) is 0 Å². The van der Waals surface area contributed by atoms with E-state index < -0.39 is 0 Å². The quantitative estimate of drug-likeness (QED) is 0.859. The number of benzene rings is 1. The third-order valence-electron chi connectivity index (χ3n) is 2.53. The highest BCUT2D eigenvalue weighted by molar-refractivity contribution is 5.51. The highest BCUT2D eigenvalue weighted by Gasteiger charge is 2.13. The average molecular weight is 231 g/mol. The van der Waals surface area contributed by atoms with Gasteiger partial charge in [0.1, 0.15) is 0 Å². The van der Waals surface area contributed by atoms with Crippen molar-refractivity contribution in [3.8, 4) is 11.5 Å². The first-order valence-electron chi connectivity index (χ1n) is 5.93. The Hall–Kier alpha value is -1.68. The van der Waals surface area contributed by atoms with Gasteiger partial charge in [-0.05, 0) is 32.0 Å². The van der Waals surface area contributed by atoms with Crippen LogP contribution < -0.4 is 5.32 Å². The molecule has 0 amide bonds. The number of hydrogen-bond donors (Lipinski definition) is 1. The third kappa shape index (κ3) is 2.91. The van der Waals surface area contributed by atoms with Gasteiger partial charge in [-0.1, -0.05) is 25.1 Å². The van der Waals surface area contributed by atoms with Gasteiger partial charge in [0.15, 0.2) is 0 Å². The number of aromatic nitrogens is 2. The van der Waals surface area contributed by atoms with Crippen LogP contribution in [-0.4, -0.2) is 16.7 Å². The lowest BCUT2D eigenvalue weighted by Crippen LogP contribution is -2.19. The summed E-state index contributed by atoms with van der Waals surface area (Å²) in [7, 11) is 0. The summed E-state index contributed by atoms with van der Waals surface area (Å²) >= 11 is 0. The molecule has 2 rings (SSSR count). The number of hydrogen-bond acceptors (Lipinski definition) is 4. The number of nitrogens with zero attached hydrogens (tertiary/aromatic N) is 2. The molecule has 0 saturated carbocycles. The molecule has 1 aromatic carbocycles. The van der Waals surface area contributed by atoms with Gasteiger partial charge in [-0.25, -0.2) is 0 Å². The van der Waals surface area contributed by atoms with E-state index in [-0.39, 0.29) is 6.04 Å². The normalized spacial score (nSPS) is 12.6. The van der Waals surface area contributed by atoms with Crippen molar-refractivity contribution in [2.75, 3.05) is 6.54 Å². The van der Waals surface area contributed by atoms with Gasteiger partial charge in [-0.2, -0.15) is 0 Å². The molecule has 1 heterocycles. The summed E-state index contributed by atoms with van der Waals surface area (Å²) in [5.74, 6) is 1.21. The Balaban J connectivity index is 2.11. The van der Waals surface area contributed by atoms with Crippen LogP contribution in [0.5, 0.6) is 0 Å². The van der Waals surface area contributed by atoms with E-state index in [9.17, 15) is 0 Å². The van der Waals surface area contributed by atoms with E-state index in [4.69, 9.17) is 4.42 Å². The van der Waals surface area contributed by atoms with E-state index in [1.807, 2.05) is 37.3 Å². The Labute approximate surface area is 101 Å². The van der Waals surface area contributed by atoms with Crippen molar-refractivity contribution in [2.45, 2.75) is 26.3 Å². The van der Waals surface area contributed by atoms with Gasteiger partial charge in [0.05, 0.1) is 6.04 Å². The number of rotatable bonds is 5. The minimum absolute atomic E-state index is 0.0971. The molecule has 4 nitrogen and oxygen atoms in total. The van der Waals surface area contributed by atoms with Crippen molar-refractivity contribution in [1.29, 1.82) is 0 Å². The molecule has 4 heteroatoms. The van der Waals surface area contributed by atoms with Gasteiger partial charge in [0.25, 0.3) is 0 Å². The molecular weight excluding hydrogens is 214 g/mol. The zero-order chi connectivity index (χ0) is 12.1. The molecule has 90 valence electrons. The van der Waals surface area contributed by atoms with Gasteiger partial charge >= 0.3 is 0 Å². The van der Waals surface area contributed by atoms with Crippen molar-refractivity contribution in [3.05, 3.63) is 36.2 Å². The van der Waals surface area contributed by atoms with Crippen molar-refractivity contribution >= 4 is 0 Å². The van der Waals surface area contributed by atoms with Crippen LogP contribution in [0, 0.1) is 0 Å². The highest BCUT2D eigenvalue weighted by Crippen LogP contribution is 2.19. The van der Waals surface area contributed by atoms with Crippen molar-refractivity contribution in [1.82, 2.24) is 15.5 Å². The predicted octanol–water partition coefficient (Wildman–Crippen LogP) is 2.80. The first kappa shape index (κ1) is 11.8. The van der Waals surface area contributed by atoms with Crippen LogP contribution in [0.2, 0.25) is 0 Å². The monoisotopic (exact) mass is 231 g/mol. The Morgan fingerprint density at radius 2 is 2.00 bits per heavy atom. The fraction of sp³-hybridized carbons (Fsp3) is 0.385. The minimum atomic E-state index is 0.0971. The first-order chi connectivity index (χ1) is 8.31. The molecule has 17 heavy (non-hydrogen) atoms. The SMILES string of the molecule is CCCNC(C)c1nnc(-c2ccccc2)o1. The lowest BCUT2D eigenvalue weighted by atomic mass is 10.2. The zero-order valence-electron chi connectivity index (χ0n) is 10.2. The molecule has 0 aliphatic carbocycles. The smallest absolute Gasteiger partial charge is 0.247 e. The maximum absolute atomic E-state index is 5.64. The van der Waals surface area contributed by atoms with E-state index in [1.165, 1.54) is 0 Å². The second-order valence-corrected chi connectivity index (χ2v) is 3.99. The van der Waals surface area contributed by atoms with Crippen LogP contribution >= 0.6 is 0 Å². The van der Waals surface area contributed by atoms with Gasteiger partial charge in [0.2, 0.25) is 11.8 Å². The van der Waals surface area contributed by atoms with E-state index >= 15 is 0 Å². The Morgan fingerprint density at radius 3 is 2.71 bits per heavy atom. The van der Waals surface area contributed by atoms with E-state index in [0.717, 1.165) is 18.5 Å². The summed E-state index contributed by atoms with van der Waals surface area (Å²) in [5.41, 5.74) is 0.953. The Kier molecular flexibility index (Phi) is 3.88. The molecule has 2 aromatic rings. The first-order valence-corrected chi connectivity index (χ1v) is 5.93. The number of nitrogens with one attached hydrogen (secondary N) is 1. The van der Waals surface area contributed by atoms with Gasteiger partial charge < -0.3 is 9.73 Å².